The monoisotopic (exact) mass is 375 g/mol. The van der Waals surface area contributed by atoms with Crippen molar-refractivity contribution in [2.45, 2.75) is 19.4 Å². The smallest absolute Gasteiger partial charge is 0.256 e. The average Bonchev–Trinajstić information content (AvgIpc) is 3.14. The zero-order chi connectivity index (χ0) is 19.8. The molecule has 5 nitrogen and oxygen atoms in total. The molecule has 0 spiro atoms. The van der Waals surface area contributed by atoms with Gasteiger partial charge in [0.05, 0.1) is 0 Å². The highest BCUT2D eigenvalue weighted by Crippen LogP contribution is 2.23. The van der Waals surface area contributed by atoms with E-state index >= 15 is 0 Å². The van der Waals surface area contributed by atoms with Crippen LogP contribution in [0.5, 0.6) is 0 Å². The summed E-state index contributed by atoms with van der Waals surface area (Å²) < 4.78 is 0. The Morgan fingerprint density at radius 1 is 1.14 bits per heavy atom. The van der Waals surface area contributed by atoms with E-state index in [1.807, 2.05) is 67.4 Å². The number of rotatable bonds is 3. The zero-order valence-electron chi connectivity index (χ0n) is 16.5. The highest BCUT2D eigenvalue weighted by molar-refractivity contribution is 5.95. The second kappa shape index (κ2) is 7.24. The number of aromatic amines is 1. The Morgan fingerprint density at radius 3 is 2.57 bits per heavy atom. The standard InChI is InChI=1S/C23H25N3O2/c1-15-5-4-6-19-20(15)13-21(24-22(19)27)16-7-9-17(10-8-16)23(28)26(3)18-11-12-25(2)14-18/h4-10,13,18H,11-12,14H2,1-3H3,(H,24,27). The molecule has 5 heteroatoms. The van der Waals surface area contributed by atoms with Crippen LogP contribution in [0.4, 0.5) is 0 Å². The second-order valence-corrected chi connectivity index (χ2v) is 7.75. The molecule has 1 aliphatic rings. The molecule has 1 unspecified atom stereocenters. The molecular formula is C23H25N3O2. The number of hydrogen-bond acceptors (Lipinski definition) is 3. The molecule has 2 heterocycles. The molecule has 0 aliphatic carbocycles. The molecule has 0 radical (unpaired) electrons. The molecule has 1 amide bonds. The van der Waals surface area contributed by atoms with Crippen LogP contribution in [0.15, 0.2) is 53.3 Å². The van der Waals surface area contributed by atoms with Gasteiger partial charge in [0.15, 0.2) is 0 Å². The van der Waals surface area contributed by atoms with Crippen molar-refractivity contribution in [1.29, 1.82) is 0 Å². The maximum atomic E-state index is 12.8. The minimum absolute atomic E-state index is 0.0368. The van der Waals surface area contributed by atoms with Crippen LogP contribution in [0.1, 0.15) is 22.3 Å². The number of pyridine rings is 1. The minimum atomic E-state index is -0.0959. The first-order valence-electron chi connectivity index (χ1n) is 9.63. The van der Waals surface area contributed by atoms with Crippen LogP contribution in [0.2, 0.25) is 0 Å². The Kier molecular flexibility index (Phi) is 4.77. The van der Waals surface area contributed by atoms with Gasteiger partial charge in [0, 0.05) is 36.3 Å². The summed E-state index contributed by atoms with van der Waals surface area (Å²) in [6.07, 6.45) is 1.01. The highest BCUT2D eigenvalue weighted by Gasteiger charge is 2.26. The molecule has 3 aromatic rings. The first-order chi connectivity index (χ1) is 13.4. The molecule has 1 aromatic heterocycles. The van der Waals surface area contributed by atoms with Crippen LogP contribution < -0.4 is 5.56 Å². The molecule has 0 bridgehead atoms. The number of likely N-dealkylation sites (N-methyl/N-ethyl adjacent to an activating group) is 2. The second-order valence-electron chi connectivity index (χ2n) is 7.75. The van der Waals surface area contributed by atoms with Gasteiger partial charge in [-0.1, -0.05) is 24.3 Å². The topological polar surface area (TPSA) is 56.4 Å². The third-order valence-electron chi connectivity index (χ3n) is 5.78. The van der Waals surface area contributed by atoms with E-state index in [2.05, 4.69) is 16.9 Å². The average molecular weight is 375 g/mol. The maximum Gasteiger partial charge on any atom is 0.256 e. The van der Waals surface area contributed by atoms with Crippen LogP contribution in [0.3, 0.4) is 0 Å². The first kappa shape index (κ1) is 18.4. The lowest BCUT2D eigenvalue weighted by molar-refractivity contribution is 0.0737. The summed E-state index contributed by atoms with van der Waals surface area (Å²) in [5, 5.41) is 1.64. The normalized spacial score (nSPS) is 17.2. The third-order valence-corrected chi connectivity index (χ3v) is 5.78. The fourth-order valence-electron chi connectivity index (χ4n) is 3.99. The van der Waals surface area contributed by atoms with Gasteiger partial charge in [0.2, 0.25) is 0 Å². The summed E-state index contributed by atoms with van der Waals surface area (Å²) >= 11 is 0. The quantitative estimate of drug-likeness (QED) is 0.764. The Bertz CT molecular complexity index is 1090. The molecule has 4 rings (SSSR count). The van der Waals surface area contributed by atoms with Crippen LogP contribution >= 0.6 is 0 Å². The summed E-state index contributed by atoms with van der Waals surface area (Å²) in [6, 6.07) is 15.5. The molecule has 1 fully saturated rings. The summed E-state index contributed by atoms with van der Waals surface area (Å²) in [4.78, 5) is 32.3. The fraction of sp³-hybridized carbons (Fsp3) is 0.304. The molecule has 28 heavy (non-hydrogen) atoms. The van der Waals surface area contributed by atoms with Crippen molar-refractivity contribution < 1.29 is 4.79 Å². The predicted octanol–water partition coefficient (Wildman–Crippen LogP) is 3.28. The SMILES string of the molecule is Cc1cccc2c(=O)[nH]c(-c3ccc(C(=O)N(C)C4CCN(C)C4)cc3)cc12. The third kappa shape index (κ3) is 3.34. The van der Waals surface area contributed by atoms with E-state index in [-0.39, 0.29) is 17.5 Å². The van der Waals surface area contributed by atoms with Crippen LogP contribution in [0, 0.1) is 6.92 Å². The van der Waals surface area contributed by atoms with Crippen molar-refractivity contribution in [2.75, 3.05) is 27.2 Å². The van der Waals surface area contributed by atoms with E-state index in [0.717, 1.165) is 41.7 Å². The fourth-order valence-corrected chi connectivity index (χ4v) is 3.99. The Labute approximate surface area is 164 Å². The van der Waals surface area contributed by atoms with Gasteiger partial charge in [-0.05, 0) is 67.7 Å². The Morgan fingerprint density at radius 2 is 1.89 bits per heavy atom. The Balaban J connectivity index is 1.61. The lowest BCUT2D eigenvalue weighted by Crippen LogP contribution is -2.38. The van der Waals surface area contributed by atoms with Gasteiger partial charge in [-0.3, -0.25) is 9.59 Å². The lowest BCUT2D eigenvalue weighted by atomic mass is 10.0. The maximum absolute atomic E-state index is 12.8. The van der Waals surface area contributed by atoms with Crippen LogP contribution in [0.25, 0.3) is 22.0 Å². The highest BCUT2D eigenvalue weighted by atomic mass is 16.2. The number of carbonyl (C=O) groups excluding carboxylic acids is 1. The molecule has 1 atom stereocenters. The number of nitrogens with one attached hydrogen (secondary N) is 1. The molecule has 0 saturated carbocycles. The molecular weight excluding hydrogens is 350 g/mol. The van der Waals surface area contributed by atoms with E-state index in [9.17, 15) is 9.59 Å². The number of likely N-dealkylation sites (tertiary alicyclic amines) is 1. The van der Waals surface area contributed by atoms with Crippen molar-refractivity contribution in [3.63, 3.8) is 0 Å². The number of nitrogens with zero attached hydrogens (tertiary/aromatic N) is 2. The van der Waals surface area contributed by atoms with E-state index in [1.54, 1.807) is 0 Å². The number of benzene rings is 2. The van der Waals surface area contributed by atoms with Gasteiger partial charge in [0.25, 0.3) is 11.5 Å². The summed E-state index contributed by atoms with van der Waals surface area (Å²) in [5.41, 5.74) is 3.29. The Hall–Kier alpha value is -2.92. The van der Waals surface area contributed by atoms with Gasteiger partial charge in [-0.2, -0.15) is 0 Å². The van der Waals surface area contributed by atoms with E-state index < -0.39 is 0 Å². The van der Waals surface area contributed by atoms with Crippen LogP contribution in [-0.4, -0.2) is 53.9 Å². The predicted molar refractivity (Wildman–Crippen MR) is 113 cm³/mol. The van der Waals surface area contributed by atoms with Crippen molar-refractivity contribution in [1.82, 2.24) is 14.8 Å². The van der Waals surface area contributed by atoms with Crippen LogP contribution in [-0.2, 0) is 0 Å². The lowest BCUT2D eigenvalue weighted by Gasteiger charge is -2.24. The van der Waals surface area contributed by atoms with Crippen molar-refractivity contribution in [3.05, 3.63) is 70.0 Å². The number of fused-ring (bicyclic) bond motifs is 1. The molecule has 1 N–H and O–H groups in total. The number of hydrogen-bond donors (Lipinski definition) is 1. The molecule has 1 aliphatic heterocycles. The largest absolute Gasteiger partial charge is 0.337 e. The first-order valence-corrected chi connectivity index (χ1v) is 9.63. The number of carbonyl (C=O) groups is 1. The van der Waals surface area contributed by atoms with Crippen molar-refractivity contribution in [2.24, 2.45) is 0 Å². The minimum Gasteiger partial charge on any atom is -0.337 e. The molecule has 1 saturated heterocycles. The van der Waals surface area contributed by atoms with Gasteiger partial charge >= 0.3 is 0 Å². The van der Waals surface area contributed by atoms with Gasteiger partial charge in [-0.25, -0.2) is 0 Å². The van der Waals surface area contributed by atoms with Gasteiger partial charge in [0.1, 0.15) is 0 Å². The number of aromatic nitrogens is 1. The van der Waals surface area contributed by atoms with Crippen molar-refractivity contribution >= 4 is 16.7 Å². The number of amides is 1. The molecule has 2 aromatic carbocycles. The van der Waals surface area contributed by atoms with E-state index in [0.29, 0.717) is 10.9 Å². The van der Waals surface area contributed by atoms with Crippen molar-refractivity contribution in [3.8, 4) is 11.3 Å². The van der Waals surface area contributed by atoms with E-state index in [1.165, 1.54) is 0 Å². The number of aryl methyl sites for hydroxylation is 1. The summed E-state index contributed by atoms with van der Waals surface area (Å²) in [7, 11) is 3.96. The van der Waals surface area contributed by atoms with Gasteiger partial charge < -0.3 is 14.8 Å². The van der Waals surface area contributed by atoms with E-state index in [4.69, 9.17) is 0 Å². The summed E-state index contributed by atoms with van der Waals surface area (Å²) in [5.74, 6) is 0.0368. The molecule has 144 valence electrons. The number of H-pyrrole nitrogens is 1. The summed E-state index contributed by atoms with van der Waals surface area (Å²) in [6.45, 7) is 3.94. The zero-order valence-corrected chi connectivity index (χ0v) is 16.5. The van der Waals surface area contributed by atoms with Gasteiger partial charge in [-0.15, -0.1) is 0 Å².